The van der Waals surface area contributed by atoms with Crippen molar-refractivity contribution in [3.8, 4) is 0 Å². The average molecular weight is 257 g/mol. The van der Waals surface area contributed by atoms with Gasteiger partial charge >= 0.3 is 11.9 Å². The lowest BCUT2D eigenvalue weighted by Gasteiger charge is -2.31. The van der Waals surface area contributed by atoms with Crippen molar-refractivity contribution in [1.82, 2.24) is 4.90 Å². The third-order valence-corrected chi connectivity index (χ3v) is 2.81. The smallest absolute Gasteiger partial charge is 0.320 e. The standard InChI is InChI=1S/C13H23NO4/c1-13(2,3)18-11(15)9-14-7-5-6-10(8-14)12(16)17-4/h10H,5-9H2,1-4H3/t10-/m0/s1. The van der Waals surface area contributed by atoms with Gasteiger partial charge in [0.1, 0.15) is 5.60 Å². The Balaban J connectivity index is 2.43. The Morgan fingerprint density at radius 3 is 2.56 bits per heavy atom. The second-order valence-corrected chi connectivity index (χ2v) is 5.68. The lowest BCUT2D eigenvalue weighted by molar-refractivity contribution is -0.158. The van der Waals surface area contributed by atoms with Gasteiger partial charge in [0.15, 0.2) is 0 Å². The van der Waals surface area contributed by atoms with Crippen molar-refractivity contribution in [2.24, 2.45) is 5.92 Å². The summed E-state index contributed by atoms with van der Waals surface area (Å²) < 4.78 is 10.0. The Labute approximate surface area is 108 Å². The van der Waals surface area contributed by atoms with E-state index in [2.05, 4.69) is 0 Å². The number of piperidine rings is 1. The Bertz CT molecular complexity index is 309. The van der Waals surface area contributed by atoms with Crippen LogP contribution in [0.5, 0.6) is 0 Å². The molecule has 0 N–H and O–H groups in total. The van der Waals surface area contributed by atoms with Gasteiger partial charge in [-0.05, 0) is 40.2 Å². The van der Waals surface area contributed by atoms with Crippen LogP contribution < -0.4 is 0 Å². The van der Waals surface area contributed by atoms with Gasteiger partial charge in [-0.1, -0.05) is 0 Å². The van der Waals surface area contributed by atoms with Gasteiger partial charge in [-0.3, -0.25) is 14.5 Å². The molecule has 0 unspecified atom stereocenters. The van der Waals surface area contributed by atoms with Gasteiger partial charge in [-0.15, -0.1) is 0 Å². The van der Waals surface area contributed by atoms with E-state index in [9.17, 15) is 9.59 Å². The van der Waals surface area contributed by atoms with Crippen molar-refractivity contribution < 1.29 is 19.1 Å². The maximum Gasteiger partial charge on any atom is 0.320 e. The second kappa shape index (κ2) is 6.18. The molecule has 0 aromatic heterocycles. The monoisotopic (exact) mass is 257 g/mol. The summed E-state index contributed by atoms with van der Waals surface area (Å²) in [5.74, 6) is -0.553. The molecule has 1 aliphatic rings. The molecule has 0 saturated carbocycles. The fourth-order valence-corrected chi connectivity index (χ4v) is 2.11. The van der Waals surface area contributed by atoms with Crippen LogP contribution in [0.25, 0.3) is 0 Å². The molecule has 1 heterocycles. The summed E-state index contributed by atoms with van der Waals surface area (Å²) in [6.07, 6.45) is 1.74. The molecule has 1 rings (SSSR count). The van der Waals surface area contributed by atoms with Gasteiger partial charge in [-0.25, -0.2) is 0 Å². The first kappa shape index (κ1) is 15.0. The highest BCUT2D eigenvalue weighted by Crippen LogP contribution is 2.18. The molecule has 0 bridgehead atoms. The van der Waals surface area contributed by atoms with E-state index in [1.54, 1.807) is 0 Å². The Kier molecular flexibility index (Phi) is 5.14. The van der Waals surface area contributed by atoms with Gasteiger partial charge < -0.3 is 9.47 Å². The number of hydrogen-bond donors (Lipinski definition) is 0. The van der Waals surface area contributed by atoms with Crippen LogP contribution in [0.15, 0.2) is 0 Å². The van der Waals surface area contributed by atoms with E-state index in [1.807, 2.05) is 25.7 Å². The molecule has 1 fully saturated rings. The van der Waals surface area contributed by atoms with Crippen LogP contribution in [0.1, 0.15) is 33.6 Å². The van der Waals surface area contributed by atoms with E-state index in [-0.39, 0.29) is 24.4 Å². The largest absolute Gasteiger partial charge is 0.469 e. The number of carbonyl (C=O) groups excluding carboxylic acids is 2. The van der Waals surface area contributed by atoms with E-state index < -0.39 is 5.60 Å². The lowest BCUT2D eigenvalue weighted by Crippen LogP contribution is -2.43. The molecule has 18 heavy (non-hydrogen) atoms. The van der Waals surface area contributed by atoms with Gasteiger partial charge in [0.25, 0.3) is 0 Å². The number of methoxy groups -OCH3 is 1. The highest BCUT2D eigenvalue weighted by Gasteiger charge is 2.28. The van der Waals surface area contributed by atoms with E-state index >= 15 is 0 Å². The first-order chi connectivity index (χ1) is 8.31. The minimum atomic E-state index is -0.464. The quantitative estimate of drug-likeness (QED) is 0.711. The van der Waals surface area contributed by atoms with E-state index in [4.69, 9.17) is 9.47 Å². The maximum absolute atomic E-state index is 11.7. The molecule has 1 atom stereocenters. The molecule has 0 aromatic rings. The van der Waals surface area contributed by atoms with Crippen LogP contribution in [0.2, 0.25) is 0 Å². The van der Waals surface area contributed by atoms with Crippen LogP contribution in [-0.4, -0.2) is 49.2 Å². The normalized spacial score (nSPS) is 21.4. The van der Waals surface area contributed by atoms with Crippen LogP contribution in [-0.2, 0) is 19.1 Å². The van der Waals surface area contributed by atoms with Crippen molar-refractivity contribution in [2.75, 3.05) is 26.7 Å². The summed E-state index contributed by atoms with van der Waals surface area (Å²) in [6, 6.07) is 0. The summed E-state index contributed by atoms with van der Waals surface area (Å²) in [7, 11) is 1.40. The Morgan fingerprint density at radius 2 is 2.00 bits per heavy atom. The van der Waals surface area contributed by atoms with E-state index in [0.717, 1.165) is 19.4 Å². The zero-order chi connectivity index (χ0) is 13.8. The number of carbonyl (C=O) groups is 2. The Morgan fingerprint density at radius 1 is 1.33 bits per heavy atom. The third kappa shape index (κ3) is 5.04. The first-order valence-electron chi connectivity index (χ1n) is 6.34. The molecule has 0 radical (unpaired) electrons. The second-order valence-electron chi connectivity index (χ2n) is 5.68. The number of nitrogens with zero attached hydrogens (tertiary/aromatic N) is 1. The van der Waals surface area contributed by atoms with Crippen LogP contribution in [0.3, 0.4) is 0 Å². The number of esters is 2. The van der Waals surface area contributed by atoms with Crippen molar-refractivity contribution >= 4 is 11.9 Å². The molecule has 5 heteroatoms. The molecular weight excluding hydrogens is 234 g/mol. The number of hydrogen-bond acceptors (Lipinski definition) is 5. The molecule has 0 aliphatic carbocycles. The predicted molar refractivity (Wildman–Crippen MR) is 67.0 cm³/mol. The van der Waals surface area contributed by atoms with E-state index in [1.165, 1.54) is 7.11 Å². The summed E-state index contributed by atoms with van der Waals surface area (Å²) in [5.41, 5.74) is -0.464. The molecule has 1 aliphatic heterocycles. The summed E-state index contributed by atoms with van der Waals surface area (Å²) >= 11 is 0. The minimum absolute atomic E-state index is 0.119. The highest BCUT2D eigenvalue weighted by molar-refractivity contribution is 5.74. The Hall–Kier alpha value is -1.10. The number of rotatable bonds is 3. The molecule has 0 spiro atoms. The average Bonchev–Trinajstić information content (AvgIpc) is 2.25. The molecule has 1 saturated heterocycles. The molecule has 104 valence electrons. The zero-order valence-electron chi connectivity index (χ0n) is 11.7. The van der Waals surface area contributed by atoms with E-state index in [0.29, 0.717) is 6.54 Å². The van der Waals surface area contributed by atoms with Gasteiger partial charge in [-0.2, -0.15) is 0 Å². The number of likely N-dealkylation sites (tertiary alicyclic amines) is 1. The van der Waals surface area contributed by atoms with Crippen molar-refractivity contribution in [1.29, 1.82) is 0 Å². The van der Waals surface area contributed by atoms with Crippen LogP contribution in [0, 0.1) is 5.92 Å². The van der Waals surface area contributed by atoms with Gasteiger partial charge in [0.05, 0.1) is 19.6 Å². The fraction of sp³-hybridized carbons (Fsp3) is 0.846. The molecule has 5 nitrogen and oxygen atoms in total. The van der Waals surface area contributed by atoms with Crippen molar-refractivity contribution in [2.45, 2.75) is 39.2 Å². The number of ether oxygens (including phenoxy) is 2. The SMILES string of the molecule is COC(=O)[C@H]1CCCN(CC(=O)OC(C)(C)C)C1. The lowest BCUT2D eigenvalue weighted by atomic mass is 9.98. The van der Waals surface area contributed by atoms with Gasteiger partial charge in [0, 0.05) is 6.54 Å². The zero-order valence-corrected chi connectivity index (χ0v) is 11.7. The summed E-state index contributed by atoms with van der Waals surface area (Å²) in [4.78, 5) is 25.1. The van der Waals surface area contributed by atoms with Crippen molar-refractivity contribution in [3.05, 3.63) is 0 Å². The van der Waals surface area contributed by atoms with Crippen LogP contribution >= 0.6 is 0 Å². The summed E-state index contributed by atoms with van der Waals surface area (Å²) in [5, 5.41) is 0. The summed E-state index contributed by atoms with van der Waals surface area (Å²) in [6.45, 7) is 7.18. The minimum Gasteiger partial charge on any atom is -0.469 e. The maximum atomic E-state index is 11.7. The molecule has 0 amide bonds. The predicted octanol–water partition coefficient (Wildman–Crippen LogP) is 1.21. The fourth-order valence-electron chi connectivity index (χ4n) is 2.11. The van der Waals surface area contributed by atoms with Gasteiger partial charge in [0.2, 0.25) is 0 Å². The van der Waals surface area contributed by atoms with Crippen molar-refractivity contribution in [3.63, 3.8) is 0 Å². The van der Waals surface area contributed by atoms with Crippen LogP contribution in [0.4, 0.5) is 0 Å². The first-order valence-corrected chi connectivity index (χ1v) is 6.34. The highest BCUT2D eigenvalue weighted by atomic mass is 16.6. The molecular formula is C13H23NO4. The topological polar surface area (TPSA) is 55.8 Å². The third-order valence-electron chi connectivity index (χ3n) is 2.81. The molecule has 0 aromatic carbocycles.